The molecule has 3 aliphatic rings. The van der Waals surface area contributed by atoms with E-state index in [2.05, 4.69) is 15.0 Å². The number of para-hydroxylation sites is 1. The maximum absolute atomic E-state index is 15.3. The van der Waals surface area contributed by atoms with E-state index in [4.69, 9.17) is 4.74 Å². The van der Waals surface area contributed by atoms with Gasteiger partial charge in [0.05, 0.1) is 17.3 Å². The van der Waals surface area contributed by atoms with Gasteiger partial charge in [-0.3, -0.25) is 4.79 Å². The fraction of sp³-hybridized carbons (Fsp3) is 0.379. The van der Waals surface area contributed by atoms with Crippen LogP contribution >= 0.6 is 0 Å². The highest BCUT2D eigenvalue weighted by Gasteiger charge is 2.46. The number of imidazole rings is 1. The lowest BCUT2D eigenvalue weighted by Crippen LogP contribution is -2.45. The number of alkyl halides is 2. The Morgan fingerprint density at radius 2 is 1.80 bits per heavy atom. The first-order valence-electron chi connectivity index (χ1n) is 13.4. The van der Waals surface area contributed by atoms with E-state index in [0.29, 0.717) is 54.2 Å². The average molecular weight is 550 g/mol. The molecular formula is C29H26F3N5O3. The van der Waals surface area contributed by atoms with Crippen LogP contribution in [-0.2, 0) is 11.2 Å². The first-order valence-corrected chi connectivity index (χ1v) is 13.4. The molecule has 1 aromatic carbocycles. The number of fused-ring (bicyclic) bond motifs is 5. The lowest BCUT2D eigenvalue weighted by Gasteiger charge is -2.35. The summed E-state index contributed by atoms with van der Waals surface area (Å²) < 4.78 is 48.1. The number of aliphatic carboxylic acids is 1. The Hall–Kier alpha value is -4.15. The van der Waals surface area contributed by atoms with Gasteiger partial charge in [-0.25, -0.2) is 19.3 Å². The summed E-state index contributed by atoms with van der Waals surface area (Å²) in [4.78, 5) is 27.3. The van der Waals surface area contributed by atoms with Crippen molar-refractivity contribution < 1.29 is 27.8 Å². The molecule has 40 heavy (non-hydrogen) atoms. The van der Waals surface area contributed by atoms with Crippen LogP contribution in [-0.4, -0.2) is 50.1 Å². The standard InChI is InChI=1S/C29H26F3N5O3/c30-21-9-24-35-22-8-7-19(18-3-1-2-4-23(18)40-28(31)32)26(22)37(24)14-20(21)17-10-33-29(34-11-17)36-12-15-5-6-16(13-36)25(15)27(38)39/h1-4,9-11,14-16,19,25,28H,5-8,12-13H2,(H,38,39). The molecule has 3 atom stereocenters. The van der Waals surface area contributed by atoms with Crippen molar-refractivity contribution in [2.45, 2.75) is 38.2 Å². The summed E-state index contributed by atoms with van der Waals surface area (Å²) in [6, 6.07) is 8.12. The third kappa shape index (κ3) is 4.06. The lowest BCUT2D eigenvalue weighted by atomic mass is 9.85. The van der Waals surface area contributed by atoms with Crippen molar-refractivity contribution in [2.24, 2.45) is 17.8 Å². The molecular weight excluding hydrogens is 523 g/mol. The number of carbonyl (C=O) groups is 1. The average Bonchev–Trinajstić information content (AvgIpc) is 3.58. The lowest BCUT2D eigenvalue weighted by molar-refractivity contribution is -0.144. The monoisotopic (exact) mass is 549 g/mol. The summed E-state index contributed by atoms with van der Waals surface area (Å²) in [5.74, 6) is -0.966. The van der Waals surface area contributed by atoms with Gasteiger partial charge in [0.15, 0.2) is 0 Å². The Kier molecular flexibility index (Phi) is 5.90. The number of aromatic nitrogens is 4. The van der Waals surface area contributed by atoms with Crippen molar-refractivity contribution in [1.82, 2.24) is 19.4 Å². The summed E-state index contributed by atoms with van der Waals surface area (Å²) in [6.07, 6.45) is 7.92. The smallest absolute Gasteiger partial charge is 0.387 e. The number of hydrogen-bond acceptors (Lipinski definition) is 6. The number of halogens is 3. The van der Waals surface area contributed by atoms with Gasteiger partial charge in [-0.15, -0.1) is 0 Å². The molecule has 1 aliphatic heterocycles. The zero-order valence-electron chi connectivity index (χ0n) is 21.4. The van der Waals surface area contributed by atoms with Crippen molar-refractivity contribution in [2.75, 3.05) is 18.0 Å². The van der Waals surface area contributed by atoms with Gasteiger partial charge in [0.1, 0.15) is 17.2 Å². The minimum Gasteiger partial charge on any atom is -0.481 e. The number of benzene rings is 1. The van der Waals surface area contributed by atoms with Crippen molar-refractivity contribution in [3.8, 4) is 16.9 Å². The number of ether oxygens (including phenoxy) is 1. The third-order valence-electron chi connectivity index (χ3n) is 8.68. The van der Waals surface area contributed by atoms with E-state index in [1.807, 2.05) is 9.30 Å². The van der Waals surface area contributed by atoms with Crippen LogP contribution in [0.1, 0.15) is 42.1 Å². The fourth-order valence-electron chi connectivity index (χ4n) is 7.00. The quantitative estimate of drug-likeness (QED) is 0.355. The molecule has 0 amide bonds. The fourth-order valence-corrected chi connectivity index (χ4v) is 7.00. The Morgan fingerprint density at radius 1 is 1.07 bits per heavy atom. The normalized spacial score (nSPS) is 23.6. The maximum atomic E-state index is 15.3. The topological polar surface area (TPSA) is 92.9 Å². The van der Waals surface area contributed by atoms with Crippen molar-refractivity contribution in [3.05, 3.63) is 71.7 Å². The van der Waals surface area contributed by atoms with Gasteiger partial charge in [0.2, 0.25) is 5.95 Å². The minimum absolute atomic E-state index is 0.0758. The highest BCUT2D eigenvalue weighted by Crippen LogP contribution is 2.44. The van der Waals surface area contributed by atoms with Gasteiger partial charge in [0, 0.05) is 60.4 Å². The summed E-state index contributed by atoms with van der Waals surface area (Å²) in [7, 11) is 0. The van der Waals surface area contributed by atoms with Gasteiger partial charge < -0.3 is 19.1 Å². The molecule has 0 radical (unpaired) electrons. The van der Waals surface area contributed by atoms with Crippen LogP contribution in [0.15, 0.2) is 48.9 Å². The van der Waals surface area contributed by atoms with E-state index < -0.39 is 18.4 Å². The van der Waals surface area contributed by atoms with Crippen LogP contribution < -0.4 is 9.64 Å². The molecule has 1 saturated carbocycles. The third-order valence-corrected chi connectivity index (χ3v) is 8.68. The summed E-state index contributed by atoms with van der Waals surface area (Å²) in [6.45, 7) is -1.76. The molecule has 2 fully saturated rings. The van der Waals surface area contributed by atoms with Gasteiger partial charge in [-0.05, 0) is 43.6 Å². The first kappa shape index (κ1) is 24.9. The van der Waals surface area contributed by atoms with E-state index in [9.17, 15) is 18.7 Å². The van der Waals surface area contributed by atoms with E-state index in [-0.39, 0.29) is 29.4 Å². The Balaban J connectivity index is 1.21. The van der Waals surface area contributed by atoms with Gasteiger partial charge in [-0.2, -0.15) is 8.78 Å². The van der Waals surface area contributed by atoms with Gasteiger partial charge in [0.25, 0.3) is 0 Å². The number of carboxylic acids is 1. The SMILES string of the molecule is O=C(O)C1C2CCC1CN(c1ncc(-c3cn4c5c(nc4cc3F)CCC5c3ccccc3OC(F)F)cn1)C2. The number of pyridine rings is 1. The van der Waals surface area contributed by atoms with E-state index >= 15 is 4.39 Å². The summed E-state index contributed by atoms with van der Waals surface area (Å²) in [5.41, 5.74) is 3.51. The van der Waals surface area contributed by atoms with E-state index in [1.54, 1.807) is 36.8 Å². The second-order valence-electron chi connectivity index (χ2n) is 10.9. The van der Waals surface area contributed by atoms with Crippen LogP contribution in [0, 0.1) is 23.6 Å². The number of nitrogens with zero attached hydrogens (tertiary/aromatic N) is 5. The molecule has 0 spiro atoms. The number of carboxylic acid groups (broad SMARTS) is 1. The van der Waals surface area contributed by atoms with Crippen molar-refractivity contribution in [3.63, 3.8) is 0 Å². The van der Waals surface area contributed by atoms with E-state index in [1.165, 1.54) is 12.1 Å². The van der Waals surface area contributed by atoms with Crippen LogP contribution in [0.3, 0.4) is 0 Å². The van der Waals surface area contributed by atoms with Crippen molar-refractivity contribution >= 4 is 17.6 Å². The Labute approximate surface area is 227 Å². The van der Waals surface area contributed by atoms with E-state index in [0.717, 1.165) is 24.2 Å². The molecule has 1 N–H and O–H groups in total. The summed E-state index contributed by atoms with van der Waals surface area (Å²) in [5, 5.41) is 9.58. The highest BCUT2D eigenvalue weighted by atomic mass is 19.3. The minimum atomic E-state index is -2.94. The molecule has 3 aromatic heterocycles. The summed E-state index contributed by atoms with van der Waals surface area (Å²) >= 11 is 0. The first-order chi connectivity index (χ1) is 19.4. The molecule has 206 valence electrons. The second-order valence-corrected chi connectivity index (χ2v) is 10.9. The predicted octanol–water partition coefficient (Wildman–Crippen LogP) is 5.16. The molecule has 11 heteroatoms. The maximum Gasteiger partial charge on any atom is 0.387 e. The largest absolute Gasteiger partial charge is 0.481 e. The molecule has 2 aliphatic carbocycles. The Bertz CT molecular complexity index is 1590. The predicted molar refractivity (Wildman–Crippen MR) is 139 cm³/mol. The zero-order chi connectivity index (χ0) is 27.5. The van der Waals surface area contributed by atoms with Gasteiger partial charge in [-0.1, -0.05) is 18.2 Å². The molecule has 3 unspecified atom stereocenters. The molecule has 4 aromatic rings. The van der Waals surface area contributed by atoms with Gasteiger partial charge >= 0.3 is 12.6 Å². The number of aryl methyl sites for hydroxylation is 1. The van der Waals surface area contributed by atoms with Crippen molar-refractivity contribution in [1.29, 1.82) is 0 Å². The highest BCUT2D eigenvalue weighted by molar-refractivity contribution is 5.72. The van der Waals surface area contributed by atoms with Crippen LogP contribution in [0.5, 0.6) is 5.75 Å². The molecule has 8 nitrogen and oxygen atoms in total. The molecule has 7 rings (SSSR count). The number of piperidine rings is 1. The second kappa shape index (κ2) is 9.50. The number of hydrogen-bond donors (Lipinski definition) is 1. The molecule has 2 bridgehead atoms. The number of rotatable bonds is 6. The van der Waals surface area contributed by atoms with Crippen LogP contribution in [0.4, 0.5) is 19.1 Å². The molecule has 1 saturated heterocycles. The number of anilines is 1. The Morgan fingerprint density at radius 3 is 2.50 bits per heavy atom. The molecule has 4 heterocycles. The van der Waals surface area contributed by atoms with Crippen LogP contribution in [0.2, 0.25) is 0 Å². The van der Waals surface area contributed by atoms with Crippen LogP contribution in [0.25, 0.3) is 16.8 Å². The zero-order valence-corrected chi connectivity index (χ0v) is 21.4.